The van der Waals surface area contributed by atoms with Crippen LogP contribution in [0.25, 0.3) is 0 Å². The van der Waals surface area contributed by atoms with E-state index in [-0.39, 0.29) is 23.8 Å². The number of ether oxygens (including phenoxy) is 1. The number of sulfonamides is 1. The van der Waals surface area contributed by atoms with Crippen molar-refractivity contribution < 1.29 is 17.9 Å². The summed E-state index contributed by atoms with van der Waals surface area (Å²) in [6, 6.07) is 10.8. The van der Waals surface area contributed by atoms with Crippen LogP contribution in [0, 0.1) is 20.8 Å². The lowest BCUT2D eigenvalue weighted by molar-refractivity contribution is -0.116. The van der Waals surface area contributed by atoms with Crippen LogP contribution in [-0.2, 0) is 14.8 Å². The second kappa shape index (κ2) is 9.89. The number of benzene rings is 2. The maximum atomic E-state index is 12.9. The van der Waals surface area contributed by atoms with Gasteiger partial charge in [0, 0.05) is 18.8 Å². The van der Waals surface area contributed by atoms with E-state index >= 15 is 0 Å². The number of carbonyl (C=O) groups excluding carboxylic acids is 1. The summed E-state index contributed by atoms with van der Waals surface area (Å²) in [6.07, 6.45) is 0.167. The zero-order chi connectivity index (χ0) is 21.6. The lowest BCUT2D eigenvalue weighted by atomic mass is 10.1. The Hall–Kier alpha value is -2.38. The number of hydrogen-bond acceptors (Lipinski definition) is 4. The number of hydrogen-bond donors (Lipinski definition) is 1. The summed E-state index contributed by atoms with van der Waals surface area (Å²) >= 11 is 0. The number of amides is 1. The molecule has 2 aromatic rings. The van der Waals surface area contributed by atoms with E-state index in [4.69, 9.17) is 4.74 Å². The molecular weight excluding hydrogens is 388 g/mol. The van der Waals surface area contributed by atoms with Crippen molar-refractivity contribution in [3.05, 3.63) is 53.1 Å². The van der Waals surface area contributed by atoms with Gasteiger partial charge in [0.1, 0.15) is 5.75 Å². The van der Waals surface area contributed by atoms with E-state index in [0.29, 0.717) is 18.8 Å². The van der Waals surface area contributed by atoms with Crippen LogP contribution in [0.2, 0.25) is 0 Å². The zero-order valence-electron chi connectivity index (χ0n) is 17.8. The highest BCUT2D eigenvalue weighted by molar-refractivity contribution is 7.89. The second-order valence-corrected chi connectivity index (χ2v) is 8.85. The third-order valence-corrected chi connectivity index (χ3v) is 6.97. The van der Waals surface area contributed by atoms with Gasteiger partial charge >= 0.3 is 0 Å². The fraction of sp³-hybridized carbons (Fsp3) is 0.409. The van der Waals surface area contributed by atoms with E-state index in [1.165, 1.54) is 10.4 Å². The van der Waals surface area contributed by atoms with Crippen LogP contribution < -0.4 is 10.1 Å². The number of rotatable bonds is 9. The third-order valence-electron chi connectivity index (χ3n) is 4.94. The van der Waals surface area contributed by atoms with Crippen molar-refractivity contribution in [2.45, 2.75) is 45.9 Å². The van der Waals surface area contributed by atoms with E-state index in [2.05, 4.69) is 5.32 Å². The van der Waals surface area contributed by atoms with Crippen molar-refractivity contribution in [2.24, 2.45) is 0 Å². The summed E-state index contributed by atoms with van der Waals surface area (Å²) in [5.74, 6) is 0.526. The van der Waals surface area contributed by atoms with E-state index in [0.717, 1.165) is 22.4 Å². The highest BCUT2D eigenvalue weighted by Gasteiger charge is 2.23. The highest BCUT2D eigenvalue weighted by Crippen LogP contribution is 2.26. The number of nitrogens with one attached hydrogen (secondary N) is 1. The maximum absolute atomic E-state index is 12.9. The summed E-state index contributed by atoms with van der Waals surface area (Å²) in [6.45, 7) is 10.3. The molecule has 7 heteroatoms. The first kappa shape index (κ1) is 22.9. The topological polar surface area (TPSA) is 75.7 Å². The average molecular weight is 419 g/mol. The van der Waals surface area contributed by atoms with Gasteiger partial charge in [0.15, 0.2) is 0 Å². The molecule has 29 heavy (non-hydrogen) atoms. The van der Waals surface area contributed by atoms with Crippen LogP contribution in [0.4, 0.5) is 5.69 Å². The first-order valence-electron chi connectivity index (χ1n) is 9.80. The van der Waals surface area contributed by atoms with Crippen molar-refractivity contribution >= 4 is 21.6 Å². The standard InChI is InChI=1S/C22H30N2O4S/c1-6-24(7-2)29(26,27)19-14-17(4)18(5)20(15-19)23-22(25)12-13-28-21-11-9-8-10-16(21)3/h8-11,14-15H,6-7,12-13H2,1-5H3,(H,23,25). The van der Waals surface area contributed by atoms with Crippen LogP contribution in [0.1, 0.15) is 37.0 Å². The molecule has 158 valence electrons. The number of carbonyl (C=O) groups is 1. The molecule has 0 aliphatic carbocycles. The minimum atomic E-state index is -3.60. The van der Waals surface area contributed by atoms with Gasteiger partial charge in [-0.05, 0) is 55.7 Å². The molecular formula is C22H30N2O4S. The van der Waals surface area contributed by atoms with Crippen LogP contribution in [0.3, 0.4) is 0 Å². The minimum absolute atomic E-state index is 0.167. The fourth-order valence-electron chi connectivity index (χ4n) is 3.00. The Labute approximate surface area is 173 Å². The summed E-state index contributed by atoms with van der Waals surface area (Å²) < 4.78 is 32.8. The van der Waals surface area contributed by atoms with Gasteiger partial charge in [0.2, 0.25) is 15.9 Å². The molecule has 0 saturated carbocycles. The van der Waals surface area contributed by atoms with Gasteiger partial charge in [0.05, 0.1) is 17.9 Å². The second-order valence-electron chi connectivity index (χ2n) is 6.91. The molecule has 1 amide bonds. The first-order valence-corrected chi connectivity index (χ1v) is 11.2. The van der Waals surface area contributed by atoms with Crippen molar-refractivity contribution in [1.82, 2.24) is 4.31 Å². The predicted molar refractivity (Wildman–Crippen MR) is 116 cm³/mol. The van der Waals surface area contributed by atoms with Crippen molar-refractivity contribution in [2.75, 3.05) is 25.0 Å². The Balaban J connectivity index is 2.12. The molecule has 2 aromatic carbocycles. The van der Waals surface area contributed by atoms with Gasteiger partial charge in [-0.2, -0.15) is 4.31 Å². The Morgan fingerprint density at radius 2 is 1.69 bits per heavy atom. The van der Waals surface area contributed by atoms with Gasteiger partial charge in [-0.3, -0.25) is 4.79 Å². The number of para-hydroxylation sites is 1. The molecule has 0 heterocycles. The molecule has 0 aromatic heterocycles. The van der Waals surface area contributed by atoms with Crippen LogP contribution in [-0.4, -0.2) is 38.3 Å². The largest absolute Gasteiger partial charge is 0.493 e. The Morgan fingerprint density at radius 3 is 2.31 bits per heavy atom. The molecule has 0 aliphatic heterocycles. The van der Waals surface area contributed by atoms with E-state index in [1.54, 1.807) is 19.9 Å². The van der Waals surface area contributed by atoms with Gasteiger partial charge in [-0.1, -0.05) is 32.0 Å². The Bertz CT molecular complexity index is 967. The van der Waals surface area contributed by atoms with Gasteiger partial charge in [-0.25, -0.2) is 8.42 Å². The van der Waals surface area contributed by atoms with Crippen LogP contribution >= 0.6 is 0 Å². The number of nitrogens with zero attached hydrogens (tertiary/aromatic N) is 1. The van der Waals surface area contributed by atoms with E-state index < -0.39 is 10.0 Å². The number of aryl methyl sites for hydroxylation is 2. The van der Waals surface area contributed by atoms with Crippen molar-refractivity contribution in [3.63, 3.8) is 0 Å². The quantitative estimate of drug-likeness (QED) is 0.667. The molecule has 0 spiro atoms. The molecule has 1 N–H and O–H groups in total. The average Bonchev–Trinajstić information content (AvgIpc) is 2.67. The SMILES string of the molecule is CCN(CC)S(=O)(=O)c1cc(C)c(C)c(NC(=O)CCOc2ccccc2C)c1. The van der Waals surface area contributed by atoms with E-state index in [9.17, 15) is 13.2 Å². The molecule has 0 fully saturated rings. The summed E-state index contributed by atoms with van der Waals surface area (Å²) in [7, 11) is -3.60. The van der Waals surface area contributed by atoms with Crippen LogP contribution in [0.5, 0.6) is 5.75 Å². The Morgan fingerprint density at radius 1 is 1.03 bits per heavy atom. The minimum Gasteiger partial charge on any atom is -0.493 e. The third kappa shape index (κ3) is 5.58. The number of anilines is 1. The van der Waals surface area contributed by atoms with Crippen molar-refractivity contribution in [1.29, 1.82) is 0 Å². The normalized spacial score (nSPS) is 11.5. The zero-order valence-corrected chi connectivity index (χ0v) is 18.6. The molecule has 0 atom stereocenters. The van der Waals surface area contributed by atoms with Crippen LogP contribution in [0.15, 0.2) is 41.3 Å². The molecule has 0 saturated heterocycles. The maximum Gasteiger partial charge on any atom is 0.243 e. The smallest absolute Gasteiger partial charge is 0.243 e. The first-order chi connectivity index (χ1) is 13.7. The summed E-state index contributed by atoms with van der Waals surface area (Å²) in [5, 5.41) is 2.84. The molecule has 0 radical (unpaired) electrons. The monoisotopic (exact) mass is 418 g/mol. The van der Waals surface area contributed by atoms with Gasteiger partial charge in [0.25, 0.3) is 0 Å². The Kier molecular flexibility index (Phi) is 7.81. The molecule has 0 aliphatic rings. The molecule has 0 bridgehead atoms. The molecule has 0 unspecified atom stereocenters. The van der Waals surface area contributed by atoms with Crippen molar-refractivity contribution in [3.8, 4) is 5.75 Å². The lowest BCUT2D eigenvalue weighted by Crippen LogP contribution is -2.30. The molecule has 2 rings (SSSR count). The molecule has 6 nitrogen and oxygen atoms in total. The van der Waals surface area contributed by atoms with E-state index in [1.807, 2.05) is 45.0 Å². The van der Waals surface area contributed by atoms with Gasteiger partial charge < -0.3 is 10.1 Å². The lowest BCUT2D eigenvalue weighted by Gasteiger charge is -2.20. The highest BCUT2D eigenvalue weighted by atomic mass is 32.2. The fourth-order valence-corrected chi connectivity index (χ4v) is 4.57. The summed E-state index contributed by atoms with van der Waals surface area (Å²) in [5.41, 5.74) is 3.17. The van der Waals surface area contributed by atoms with Gasteiger partial charge in [-0.15, -0.1) is 0 Å². The summed E-state index contributed by atoms with van der Waals surface area (Å²) in [4.78, 5) is 12.6. The predicted octanol–water partition coefficient (Wildman–Crippen LogP) is 4.05.